The number of carbonyl (C=O) groups is 2. The van der Waals surface area contributed by atoms with Crippen LogP contribution in [0.25, 0.3) is 33.4 Å². The Bertz CT molecular complexity index is 1680. The molecule has 0 aromatic heterocycles. The van der Waals surface area contributed by atoms with Crippen LogP contribution in [0.2, 0.25) is 0 Å². The predicted octanol–water partition coefficient (Wildman–Crippen LogP) is 3.20. The Morgan fingerprint density at radius 2 is 1.64 bits per heavy atom. The van der Waals surface area contributed by atoms with Gasteiger partial charge in [-0.2, -0.15) is 0 Å². The Labute approximate surface area is 204 Å². The zero-order chi connectivity index (χ0) is 25.4. The van der Waals surface area contributed by atoms with E-state index in [9.17, 15) is 29.5 Å². The summed E-state index contributed by atoms with van der Waals surface area (Å²) in [5.41, 5.74) is 2.52. The Morgan fingerprint density at radius 3 is 2.42 bits per heavy atom. The quantitative estimate of drug-likeness (QED) is 0.225. The normalized spacial score (nSPS) is 10.9. The summed E-state index contributed by atoms with van der Waals surface area (Å²) in [6, 6.07) is 21.8. The molecule has 1 aliphatic heterocycles. The molecule has 8 nitrogen and oxygen atoms in total. The van der Waals surface area contributed by atoms with Crippen LogP contribution in [0, 0.1) is 0 Å². The Morgan fingerprint density at radius 1 is 0.833 bits per heavy atom. The molecule has 5 rings (SSSR count). The maximum Gasteiger partial charge on any atom is 0.488 e. The number of nitrogens with one attached hydrogen (secondary N) is 1. The summed E-state index contributed by atoms with van der Waals surface area (Å²) < 4.78 is 5.99. The Kier molecular flexibility index (Phi) is 5.85. The highest BCUT2D eigenvalue weighted by atomic mass is 16.4. The van der Waals surface area contributed by atoms with Gasteiger partial charge in [0, 0.05) is 33.8 Å². The van der Waals surface area contributed by atoms with Crippen LogP contribution < -0.4 is 16.2 Å². The number of amides is 1. The highest BCUT2D eigenvalue weighted by Crippen LogP contribution is 2.41. The summed E-state index contributed by atoms with van der Waals surface area (Å²) >= 11 is 0. The van der Waals surface area contributed by atoms with Gasteiger partial charge in [0.15, 0.2) is 5.43 Å². The van der Waals surface area contributed by atoms with Gasteiger partial charge in [0.2, 0.25) is 0 Å². The molecule has 3 aromatic carbocycles. The van der Waals surface area contributed by atoms with Crippen LogP contribution in [0.15, 0.2) is 94.1 Å². The van der Waals surface area contributed by atoms with Crippen molar-refractivity contribution in [1.82, 2.24) is 0 Å². The molecule has 0 unspecified atom stereocenters. The van der Waals surface area contributed by atoms with Crippen LogP contribution in [0.5, 0.6) is 0 Å². The van der Waals surface area contributed by atoms with E-state index in [0.29, 0.717) is 27.8 Å². The Hall–Kier alpha value is -4.73. The summed E-state index contributed by atoms with van der Waals surface area (Å²) in [5.74, 6) is -1.31. The molecule has 9 heteroatoms. The molecule has 0 saturated heterocycles. The first-order chi connectivity index (χ1) is 17.3. The van der Waals surface area contributed by atoms with Gasteiger partial charge < -0.3 is 24.9 Å². The van der Waals surface area contributed by atoms with Crippen LogP contribution in [0.3, 0.4) is 0 Å². The van der Waals surface area contributed by atoms with Crippen LogP contribution >= 0.6 is 0 Å². The van der Waals surface area contributed by atoms with Crippen molar-refractivity contribution >= 4 is 41.1 Å². The molecule has 1 heterocycles. The first-order valence-electron chi connectivity index (χ1n) is 10.9. The second kappa shape index (κ2) is 9.14. The number of rotatable bonds is 5. The summed E-state index contributed by atoms with van der Waals surface area (Å²) in [6.45, 7) is 0. The van der Waals surface area contributed by atoms with Gasteiger partial charge in [0.25, 0.3) is 5.91 Å². The summed E-state index contributed by atoms with van der Waals surface area (Å²) in [4.78, 5) is 36.9. The van der Waals surface area contributed by atoms with E-state index in [0.717, 1.165) is 0 Å². The fourth-order valence-corrected chi connectivity index (χ4v) is 4.17. The van der Waals surface area contributed by atoms with Crippen molar-refractivity contribution in [2.45, 2.75) is 0 Å². The molecular weight excluding hydrogens is 461 g/mol. The molecule has 0 atom stereocenters. The molecule has 3 aromatic rings. The third-order valence-corrected chi connectivity index (χ3v) is 5.82. The smallest absolute Gasteiger partial charge is 0.478 e. The van der Waals surface area contributed by atoms with Gasteiger partial charge in [-0.05, 0) is 59.6 Å². The van der Waals surface area contributed by atoms with E-state index < -0.39 is 19.0 Å². The van der Waals surface area contributed by atoms with Gasteiger partial charge >= 0.3 is 13.1 Å². The summed E-state index contributed by atoms with van der Waals surface area (Å²) in [6.07, 6.45) is 0. The predicted molar refractivity (Wildman–Crippen MR) is 136 cm³/mol. The van der Waals surface area contributed by atoms with E-state index in [-0.39, 0.29) is 33.4 Å². The summed E-state index contributed by atoms with van der Waals surface area (Å²) in [5, 5.41) is 31.8. The van der Waals surface area contributed by atoms with Crippen molar-refractivity contribution in [3.05, 3.63) is 106 Å². The lowest BCUT2D eigenvalue weighted by Gasteiger charge is -2.17. The van der Waals surface area contributed by atoms with Gasteiger partial charge in [0.1, 0.15) is 11.3 Å². The number of benzene rings is 4. The van der Waals surface area contributed by atoms with E-state index in [2.05, 4.69) is 5.32 Å². The molecule has 0 fully saturated rings. The number of hydrogen-bond donors (Lipinski definition) is 4. The molecule has 4 N–H and O–H groups in total. The minimum atomic E-state index is -1.67. The molecule has 1 amide bonds. The summed E-state index contributed by atoms with van der Waals surface area (Å²) in [7, 11) is -1.67. The molecule has 1 aliphatic carbocycles. The third-order valence-electron chi connectivity index (χ3n) is 5.82. The van der Waals surface area contributed by atoms with Crippen LogP contribution in [-0.2, 0) is 0 Å². The van der Waals surface area contributed by atoms with E-state index in [4.69, 9.17) is 4.42 Å². The van der Waals surface area contributed by atoms with Gasteiger partial charge in [-0.1, -0.05) is 30.3 Å². The van der Waals surface area contributed by atoms with Crippen molar-refractivity contribution in [3.8, 4) is 22.5 Å². The molecule has 0 bridgehead atoms. The van der Waals surface area contributed by atoms with Crippen LogP contribution in [0.4, 0.5) is 5.69 Å². The number of fused-ring (bicyclic) bond motifs is 2. The SMILES string of the molecule is O=C(Nc1cccc(B(O)O)c1)c1ccc2c(-c3ccccc3C(=O)O)c3ccc(=O)cc-3oc2c1. The first kappa shape index (κ1) is 23.0. The fourth-order valence-electron chi connectivity index (χ4n) is 4.17. The van der Waals surface area contributed by atoms with Gasteiger partial charge in [-0.3, -0.25) is 9.59 Å². The lowest BCUT2D eigenvalue weighted by Crippen LogP contribution is -2.30. The molecule has 176 valence electrons. The average Bonchev–Trinajstić information content (AvgIpc) is 2.87. The van der Waals surface area contributed by atoms with Gasteiger partial charge in [-0.15, -0.1) is 0 Å². The lowest BCUT2D eigenvalue weighted by atomic mass is 9.80. The highest BCUT2D eigenvalue weighted by Gasteiger charge is 2.22. The van der Waals surface area contributed by atoms with Crippen LogP contribution in [-0.4, -0.2) is 34.1 Å². The molecular formula is C27H18BNO7. The highest BCUT2D eigenvalue weighted by molar-refractivity contribution is 6.58. The van der Waals surface area contributed by atoms with Crippen molar-refractivity contribution in [3.63, 3.8) is 0 Å². The second-order valence-electron chi connectivity index (χ2n) is 8.15. The van der Waals surface area contributed by atoms with Crippen LogP contribution in [0.1, 0.15) is 20.7 Å². The van der Waals surface area contributed by atoms with E-state index in [1.54, 1.807) is 48.5 Å². The van der Waals surface area contributed by atoms with Crippen molar-refractivity contribution in [2.75, 3.05) is 5.32 Å². The average molecular weight is 479 g/mol. The maximum absolute atomic E-state index is 12.9. The number of carbonyl (C=O) groups excluding carboxylic acids is 1. The number of carboxylic acids is 1. The maximum atomic E-state index is 12.9. The number of anilines is 1. The van der Waals surface area contributed by atoms with E-state index >= 15 is 0 Å². The van der Waals surface area contributed by atoms with E-state index in [1.165, 1.54) is 36.4 Å². The number of aromatic carboxylic acids is 1. The monoisotopic (exact) mass is 479 g/mol. The topological polar surface area (TPSA) is 137 Å². The number of hydrogen-bond acceptors (Lipinski definition) is 6. The first-order valence-corrected chi connectivity index (χ1v) is 10.9. The lowest BCUT2D eigenvalue weighted by molar-refractivity contribution is 0.0697. The molecule has 0 saturated carbocycles. The fraction of sp³-hybridized carbons (Fsp3) is 0. The van der Waals surface area contributed by atoms with Gasteiger partial charge in [0.05, 0.1) is 5.56 Å². The molecule has 0 spiro atoms. The zero-order valence-corrected chi connectivity index (χ0v) is 18.6. The second-order valence-corrected chi connectivity index (χ2v) is 8.15. The zero-order valence-electron chi connectivity index (χ0n) is 18.6. The number of carboxylic acid groups (broad SMARTS) is 1. The molecule has 0 radical (unpaired) electrons. The molecule has 36 heavy (non-hydrogen) atoms. The Balaban J connectivity index is 1.66. The molecule has 2 aliphatic rings. The third kappa shape index (κ3) is 4.24. The van der Waals surface area contributed by atoms with Crippen molar-refractivity contribution in [1.29, 1.82) is 0 Å². The standard InChI is InChI=1S/C27H18BNO7/c30-18-9-11-22-24(14-18)36-23-12-15(26(31)29-17-5-3-4-16(13-17)28(34)35)8-10-21(23)25(22)19-6-1-2-7-20(19)27(32)33/h1-14,34-35H,(H,29,31)(H,32,33). The van der Waals surface area contributed by atoms with Crippen molar-refractivity contribution < 1.29 is 29.2 Å². The van der Waals surface area contributed by atoms with Crippen molar-refractivity contribution in [2.24, 2.45) is 0 Å². The van der Waals surface area contributed by atoms with E-state index in [1.807, 2.05) is 0 Å². The van der Waals surface area contributed by atoms with Gasteiger partial charge in [-0.25, -0.2) is 4.79 Å². The largest absolute Gasteiger partial charge is 0.488 e. The minimum Gasteiger partial charge on any atom is -0.478 e. The minimum absolute atomic E-state index is 0.0882.